The van der Waals surface area contributed by atoms with Crippen LogP contribution in [0.2, 0.25) is 10.0 Å². The Kier molecular flexibility index (Phi) is 3.54. The van der Waals surface area contributed by atoms with E-state index in [1.165, 1.54) is 17.2 Å². The summed E-state index contributed by atoms with van der Waals surface area (Å²) in [5.41, 5.74) is 0. The molecule has 1 atom stereocenters. The lowest BCUT2D eigenvalue weighted by atomic mass is 10.4. The minimum Gasteiger partial charge on any atom is -0.224 e. The molecule has 1 aliphatic rings. The normalized spacial score (nSPS) is 22.5. The molecule has 1 aromatic rings. The van der Waals surface area contributed by atoms with Gasteiger partial charge in [0, 0.05) is 15.6 Å². The lowest BCUT2D eigenvalue weighted by Gasteiger charge is -2.07. The van der Waals surface area contributed by atoms with Gasteiger partial charge in [-0.05, 0) is 18.2 Å². The predicted octanol–water partition coefficient (Wildman–Crippen LogP) is 3.40. The quantitative estimate of drug-likeness (QED) is 0.838. The van der Waals surface area contributed by atoms with Gasteiger partial charge in [-0.25, -0.2) is 8.42 Å². The van der Waals surface area contributed by atoms with Gasteiger partial charge in [0.1, 0.15) is 0 Å². The van der Waals surface area contributed by atoms with Gasteiger partial charge in [-0.1, -0.05) is 29.3 Å². The van der Waals surface area contributed by atoms with E-state index in [-0.39, 0.29) is 11.0 Å². The highest BCUT2D eigenvalue weighted by molar-refractivity contribution is 8.02. The van der Waals surface area contributed by atoms with Crippen molar-refractivity contribution < 1.29 is 8.42 Å². The number of halogens is 2. The lowest BCUT2D eigenvalue weighted by molar-refractivity contribution is 0.606. The smallest absolute Gasteiger partial charge is 0.172 e. The highest BCUT2D eigenvalue weighted by atomic mass is 35.5. The predicted molar refractivity (Wildman–Crippen MR) is 69.0 cm³/mol. The highest BCUT2D eigenvalue weighted by Crippen LogP contribution is 2.32. The Bertz CT molecular complexity index is 538. The van der Waals surface area contributed by atoms with Gasteiger partial charge in [0.15, 0.2) is 9.84 Å². The third kappa shape index (κ3) is 2.94. The lowest BCUT2D eigenvalue weighted by Crippen LogP contribution is -2.06. The molecule has 0 saturated carbocycles. The molecule has 0 spiro atoms. The number of benzene rings is 1. The van der Waals surface area contributed by atoms with Crippen LogP contribution in [0.25, 0.3) is 0 Å². The molecule has 2 nitrogen and oxygen atoms in total. The first kappa shape index (κ1) is 12.3. The van der Waals surface area contributed by atoms with Crippen molar-refractivity contribution in [2.75, 3.05) is 5.75 Å². The molecule has 0 aromatic heterocycles. The summed E-state index contributed by atoms with van der Waals surface area (Å²) in [6, 6.07) is 5.28. The highest BCUT2D eigenvalue weighted by Gasteiger charge is 2.22. The van der Waals surface area contributed by atoms with E-state index < -0.39 is 9.84 Å². The third-order valence-electron chi connectivity index (χ3n) is 2.08. The number of hydrogen-bond acceptors (Lipinski definition) is 3. The van der Waals surface area contributed by atoms with Gasteiger partial charge in [0.2, 0.25) is 0 Å². The number of rotatable bonds is 2. The van der Waals surface area contributed by atoms with Crippen LogP contribution in [0.15, 0.2) is 34.6 Å². The van der Waals surface area contributed by atoms with Crippen LogP contribution >= 0.6 is 35.0 Å². The molecule has 2 rings (SSSR count). The standard InChI is InChI=1S/C10H8Cl2O2S2/c11-9-2-1-7(5-10(9)12)15-8-3-4-16(13,14)6-8/h1-5,8H,6H2/t8-/m1/s1. The van der Waals surface area contributed by atoms with E-state index in [4.69, 9.17) is 23.2 Å². The summed E-state index contributed by atoms with van der Waals surface area (Å²) >= 11 is 13.1. The van der Waals surface area contributed by atoms with Crippen LogP contribution in [0.5, 0.6) is 0 Å². The molecule has 0 saturated heterocycles. The maximum atomic E-state index is 11.2. The zero-order valence-electron chi connectivity index (χ0n) is 8.06. The van der Waals surface area contributed by atoms with Gasteiger partial charge in [-0.15, -0.1) is 11.8 Å². The largest absolute Gasteiger partial charge is 0.224 e. The fraction of sp³-hybridized carbons (Fsp3) is 0.200. The van der Waals surface area contributed by atoms with Crippen molar-refractivity contribution in [2.45, 2.75) is 10.1 Å². The van der Waals surface area contributed by atoms with Crippen molar-refractivity contribution in [3.05, 3.63) is 39.7 Å². The summed E-state index contributed by atoms with van der Waals surface area (Å²) in [5, 5.41) is 2.21. The first-order chi connectivity index (χ1) is 7.46. The van der Waals surface area contributed by atoms with Gasteiger partial charge < -0.3 is 0 Å². The SMILES string of the molecule is O=S1(=O)C=C[C@@H](Sc2ccc(Cl)c(Cl)c2)C1. The average Bonchev–Trinajstić information content (AvgIpc) is 2.52. The Labute approximate surface area is 109 Å². The van der Waals surface area contributed by atoms with Crippen LogP contribution < -0.4 is 0 Å². The van der Waals surface area contributed by atoms with Gasteiger partial charge in [-0.3, -0.25) is 0 Å². The summed E-state index contributed by atoms with van der Waals surface area (Å²) < 4.78 is 22.4. The van der Waals surface area contributed by atoms with E-state index >= 15 is 0 Å². The van der Waals surface area contributed by atoms with Crippen molar-refractivity contribution in [1.29, 1.82) is 0 Å². The number of sulfone groups is 1. The van der Waals surface area contributed by atoms with Crippen LogP contribution in [0.1, 0.15) is 0 Å². The van der Waals surface area contributed by atoms with E-state index in [9.17, 15) is 8.42 Å². The summed E-state index contributed by atoms with van der Waals surface area (Å²) in [7, 11) is -2.99. The Balaban J connectivity index is 2.11. The Morgan fingerprint density at radius 2 is 2.00 bits per heavy atom. The third-order valence-corrected chi connectivity index (χ3v) is 5.57. The minimum atomic E-state index is -2.99. The Hall–Kier alpha value is -0.160. The maximum Gasteiger partial charge on any atom is 0.172 e. The van der Waals surface area contributed by atoms with Crippen molar-refractivity contribution in [1.82, 2.24) is 0 Å². The van der Waals surface area contributed by atoms with Gasteiger partial charge in [0.25, 0.3) is 0 Å². The molecule has 1 heterocycles. The van der Waals surface area contributed by atoms with Crippen LogP contribution in [-0.2, 0) is 9.84 Å². The molecule has 0 aliphatic carbocycles. The molecule has 0 radical (unpaired) electrons. The Morgan fingerprint density at radius 3 is 2.56 bits per heavy atom. The van der Waals surface area contributed by atoms with Gasteiger partial charge in [0.05, 0.1) is 15.8 Å². The fourth-order valence-electron chi connectivity index (χ4n) is 1.35. The van der Waals surface area contributed by atoms with Crippen LogP contribution in [0, 0.1) is 0 Å². The van der Waals surface area contributed by atoms with E-state index in [0.717, 1.165) is 4.90 Å². The molecule has 0 fully saturated rings. The second kappa shape index (κ2) is 4.61. The van der Waals surface area contributed by atoms with E-state index in [1.54, 1.807) is 18.2 Å². The molecule has 0 bridgehead atoms. The number of hydrogen-bond donors (Lipinski definition) is 0. The molecule has 86 valence electrons. The van der Waals surface area contributed by atoms with E-state index in [1.807, 2.05) is 6.07 Å². The summed E-state index contributed by atoms with van der Waals surface area (Å²) in [6.45, 7) is 0. The first-order valence-corrected chi connectivity index (χ1v) is 7.84. The molecule has 0 amide bonds. The van der Waals surface area contributed by atoms with Crippen molar-refractivity contribution in [2.24, 2.45) is 0 Å². The fourth-order valence-corrected chi connectivity index (χ4v) is 4.60. The average molecular weight is 295 g/mol. The monoisotopic (exact) mass is 294 g/mol. The van der Waals surface area contributed by atoms with Crippen LogP contribution in [-0.4, -0.2) is 19.4 Å². The maximum absolute atomic E-state index is 11.2. The second-order valence-corrected chi connectivity index (χ2v) is 7.45. The molecule has 0 unspecified atom stereocenters. The Morgan fingerprint density at radius 1 is 1.25 bits per heavy atom. The molecular formula is C10H8Cl2O2S2. The summed E-state index contributed by atoms with van der Waals surface area (Å²) in [4.78, 5) is 0.918. The zero-order valence-corrected chi connectivity index (χ0v) is 11.2. The van der Waals surface area contributed by atoms with E-state index in [2.05, 4.69) is 0 Å². The van der Waals surface area contributed by atoms with Crippen molar-refractivity contribution in [3.8, 4) is 0 Å². The topological polar surface area (TPSA) is 34.1 Å². The van der Waals surface area contributed by atoms with Gasteiger partial charge >= 0.3 is 0 Å². The molecule has 1 aromatic carbocycles. The van der Waals surface area contributed by atoms with Crippen LogP contribution in [0.3, 0.4) is 0 Å². The molecule has 16 heavy (non-hydrogen) atoms. The minimum absolute atomic E-state index is 0.0396. The zero-order chi connectivity index (χ0) is 11.8. The molecule has 1 aliphatic heterocycles. The molecule has 6 heteroatoms. The molecular weight excluding hydrogens is 287 g/mol. The van der Waals surface area contributed by atoms with Crippen LogP contribution in [0.4, 0.5) is 0 Å². The molecule has 0 N–H and O–H groups in total. The first-order valence-electron chi connectivity index (χ1n) is 4.49. The van der Waals surface area contributed by atoms with E-state index in [0.29, 0.717) is 10.0 Å². The van der Waals surface area contributed by atoms with Gasteiger partial charge in [-0.2, -0.15) is 0 Å². The van der Waals surface area contributed by atoms with Crippen molar-refractivity contribution in [3.63, 3.8) is 0 Å². The number of thioether (sulfide) groups is 1. The summed E-state index contributed by atoms with van der Waals surface area (Å²) in [6.07, 6.45) is 1.70. The second-order valence-electron chi connectivity index (χ2n) is 3.39. The summed E-state index contributed by atoms with van der Waals surface area (Å²) in [5.74, 6) is 0.151. The van der Waals surface area contributed by atoms with Crippen molar-refractivity contribution >= 4 is 44.8 Å².